The minimum absolute atomic E-state index is 0.105. The number of anilines is 2. The van der Waals surface area contributed by atoms with Crippen LogP contribution in [0.3, 0.4) is 0 Å². The molecule has 6 heteroatoms. The van der Waals surface area contributed by atoms with Crippen molar-refractivity contribution in [2.75, 3.05) is 5.32 Å². The van der Waals surface area contributed by atoms with Crippen molar-refractivity contribution in [3.63, 3.8) is 0 Å². The van der Waals surface area contributed by atoms with Crippen molar-refractivity contribution in [2.45, 2.75) is 33.2 Å². The Morgan fingerprint density at radius 3 is 2.67 bits per heavy atom. The zero-order valence-electron chi connectivity index (χ0n) is 12.2. The second-order valence-corrected chi connectivity index (χ2v) is 5.85. The summed E-state index contributed by atoms with van der Waals surface area (Å²) in [6, 6.07) is 6.14. The Hall–Kier alpha value is -1.95. The molecule has 0 saturated heterocycles. The predicted octanol–water partition coefficient (Wildman–Crippen LogP) is 3.86. The molecule has 0 aliphatic heterocycles. The van der Waals surface area contributed by atoms with Crippen LogP contribution in [0.2, 0.25) is 0 Å². The molecule has 2 aromatic rings. The van der Waals surface area contributed by atoms with Crippen molar-refractivity contribution in [3.05, 3.63) is 40.7 Å². The summed E-state index contributed by atoms with van der Waals surface area (Å²) in [4.78, 5) is 17.1. The summed E-state index contributed by atoms with van der Waals surface area (Å²) >= 11 is 1.29. The van der Waals surface area contributed by atoms with E-state index in [1.165, 1.54) is 23.5 Å². The molecule has 0 spiro atoms. The molecule has 1 unspecified atom stereocenters. The molecule has 1 aromatic heterocycles. The first-order valence-electron chi connectivity index (χ1n) is 6.80. The zero-order valence-corrected chi connectivity index (χ0v) is 13.1. The Kier molecular flexibility index (Phi) is 4.90. The molecule has 0 saturated carbocycles. The van der Waals surface area contributed by atoms with Crippen molar-refractivity contribution in [1.29, 1.82) is 0 Å². The Balaban J connectivity index is 2.11. The van der Waals surface area contributed by atoms with Gasteiger partial charge in [-0.2, -0.15) is 0 Å². The molecule has 0 fully saturated rings. The number of rotatable bonds is 5. The van der Waals surface area contributed by atoms with Crippen LogP contribution in [0, 0.1) is 12.7 Å². The maximum Gasteiger partial charge on any atom is 0.263 e. The average Bonchev–Trinajstić information content (AvgIpc) is 2.82. The lowest BCUT2D eigenvalue weighted by molar-refractivity contribution is 0.0942. The van der Waals surface area contributed by atoms with Crippen molar-refractivity contribution in [1.82, 2.24) is 10.3 Å². The van der Waals surface area contributed by atoms with Gasteiger partial charge in [0.05, 0.1) is 5.69 Å². The number of hydrogen-bond donors (Lipinski definition) is 2. The van der Waals surface area contributed by atoms with Crippen LogP contribution in [-0.4, -0.2) is 16.9 Å². The SMILES string of the molecule is CCC(C)NC(=O)c1sc(Nc2ccc(F)cc2)nc1C. The normalized spacial score (nSPS) is 12.0. The van der Waals surface area contributed by atoms with E-state index in [0.717, 1.165) is 12.1 Å². The molecule has 1 heterocycles. The maximum absolute atomic E-state index is 12.9. The lowest BCUT2D eigenvalue weighted by atomic mass is 10.2. The summed E-state index contributed by atoms with van der Waals surface area (Å²) in [5.74, 6) is -0.393. The van der Waals surface area contributed by atoms with E-state index in [2.05, 4.69) is 15.6 Å². The minimum Gasteiger partial charge on any atom is -0.349 e. The van der Waals surface area contributed by atoms with Crippen LogP contribution in [0.1, 0.15) is 35.6 Å². The van der Waals surface area contributed by atoms with Gasteiger partial charge in [-0.25, -0.2) is 9.37 Å². The lowest BCUT2D eigenvalue weighted by Gasteiger charge is -2.09. The molecule has 2 N–H and O–H groups in total. The molecule has 0 radical (unpaired) electrons. The van der Waals surface area contributed by atoms with Gasteiger partial charge < -0.3 is 10.6 Å². The quantitative estimate of drug-likeness (QED) is 0.882. The summed E-state index contributed by atoms with van der Waals surface area (Å²) < 4.78 is 12.9. The number of amides is 1. The number of aryl methyl sites for hydroxylation is 1. The Bertz CT molecular complexity index is 624. The van der Waals surface area contributed by atoms with E-state index < -0.39 is 0 Å². The van der Waals surface area contributed by atoms with Gasteiger partial charge in [-0.15, -0.1) is 0 Å². The molecule has 112 valence electrons. The minimum atomic E-state index is -0.288. The number of carbonyl (C=O) groups excluding carboxylic acids is 1. The number of thiazole rings is 1. The Labute approximate surface area is 127 Å². The molecule has 21 heavy (non-hydrogen) atoms. The van der Waals surface area contributed by atoms with E-state index in [-0.39, 0.29) is 17.8 Å². The highest BCUT2D eigenvalue weighted by molar-refractivity contribution is 7.17. The third kappa shape index (κ3) is 4.01. The number of benzene rings is 1. The molecule has 0 bridgehead atoms. The molecular weight excluding hydrogens is 289 g/mol. The monoisotopic (exact) mass is 307 g/mol. The van der Waals surface area contributed by atoms with Crippen molar-refractivity contribution < 1.29 is 9.18 Å². The van der Waals surface area contributed by atoms with E-state index >= 15 is 0 Å². The van der Waals surface area contributed by atoms with E-state index in [9.17, 15) is 9.18 Å². The van der Waals surface area contributed by atoms with E-state index in [1.807, 2.05) is 13.8 Å². The molecule has 1 atom stereocenters. The van der Waals surface area contributed by atoms with Crippen LogP contribution in [0.15, 0.2) is 24.3 Å². The number of halogens is 1. The largest absolute Gasteiger partial charge is 0.349 e. The fraction of sp³-hybridized carbons (Fsp3) is 0.333. The summed E-state index contributed by atoms with van der Waals surface area (Å²) in [7, 11) is 0. The number of carbonyl (C=O) groups is 1. The molecule has 1 amide bonds. The Morgan fingerprint density at radius 1 is 1.38 bits per heavy atom. The number of hydrogen-bond acceptors (Lipinski definition) is 4. The highest BCUT2D eigenvalue weighted by Crippen LogP contribution is 2.26. The molecule has 1 aromatic carbocycles. The first-order valence-corrected chi connectivity index (χ1v) is 7.62. The van der Waals surface area contributed by atoms with Gasteiger partial charge in [0.1, 0.15) is 10.7 Å². The van der Waals surface area contributed by atoms with Crippen molar-refractivity contribution in [2.24, 2.45) is 0 Å². The van der Waals surface area contributed by atoms with E-state index in [0.29, 0.717) is 15.7 Å². The summed E-state index contributed by atoms with van der Waals surface area (Å²) in [5.41, 5.74) is 1.42. The van der Waals surface area contributed by atoms with Crippen LogP contribution < -0.4 is 10.6 Å². The third-order valence-electron chi connectivity index (χ3n) is 3.09. The van der Waals surface area contributed by atoms with Gasteiger partial charge in [0, 0.05) is 11.7 Å². The smallest absolute Gasteiger partial charge is 0.263 e. The predicted molar refractivity (Wildman–Crippen MR) is 83.8 cm³/mol. The molecule has 0 aliphatic rings. The zero-order chi connectivity index (χ0) is 15.4. The average molecular weight is 307 g/mol. The standard InChI is InChI=1S/C15H18FN3OS/c1-4-9(2)17-14(20)13-10(3)18-15(21-13)19-12-7-5-11(16)6-8-12/h5-9H,4H2,1-3H3,(H,17,20)(H,18,19). The molecular formula is C15H18FN3OS. The molecule has 0 aliphatic carbocycles. The van der Waals surface area contributed by atoms with Crippen LogP contribution in [0.4, 0.5) is 15.2 Å². The third-order valence-corrected chi connectivity index (χ3v) is 4.16. The summed E-state index contributed by atoms with van der Waals surface area (Å²) in [6.45, 7) is 5.79. The molecule has 4 nitrogen and oxygen atoms in total. The fourth-order valence-corrected chi connectivity index (χ4v) is 2.60. The highest BCUT2D eigenvalue weighted by Gasteiger charge is 2.16. The van der Waals surface area contributed by atoms with Crippen LogP contribution in [0.5, 0.6) is 0 Å². The van der Waals surface area contributed by atoms with E-state index in [4.69, 9.17) is 0 Å². The first kappa shape index (κ1) is 15.4. The van der Waals surface area contributed by atoms with Crippen LogP contribution >= 0.6 is 11.3 Å². The van der Waals surface area contributed by atoms with E-state index in [1.54, 1.807) is 19.1 Å². The number of aromatic nitrogens is 1. The van der Waals surface area contributed by atoms with Crippen LogP contribution in [-0.2, 0) is 0 Å². The topological polar surface area (TPSA) is 54.0 Å². The second-order valence-electron chi connectivity index (χ2n) is 4.85. The fourth-order valence-electron chi connectivity index (χ4n) is 1.71. The summed E-state index contributed by atoms with van der Waals surface area (Å²) in [6.07, 6.45) is 0.879. The maximum atomic E-state index is 12.9. The van der Waals surface area contributed by atoms with Gasteiger partial charge in [0.2, 0.25) is 0 Å². The highest BCUT2D eigenvalue weighted by atomic mass is 32.1. The number of nitrogens with zero attached hydrogens (tertiary/aromatic N) is 1. The van der Waals surface area contributed by atoms with Gasteiger partial charge in [-0.1, -0.05) is 18.3 Å². The Morgan fingerprint density at radius 2 is 2.05 bits per heavy atom. The van der Waals surface area contributed by atoms with Crippen molar-refractivity contribution in [3.8, 4) is 0 Å². The van der Waals surface area contributed by atoms with Gasteiger partial charge in [0.25, 0.3) is 5.91 Å². The van der Waals surface area contributed by atoms with Gasteiger partial charge in [-0.05, 0) is 44.5 Å². The summed E-state index contributed by atoms with van der Waals surface area (Å²) in [5, 5.41) is 6.62. The first-order chi connectivity index (χ1) is 9.99. The number of nitrogens with one attached hydrogen (secondary N) is 2. The van der Waals surface area contributed by atoms with Gasteiger partial charge in [-0.3, -0.25) is 4.79 Å². The van der Waals surface area contributed by atoms with Gasteiger partial charge >= 0.3 is 0 Å². The van der Waals surface area contributed by atoms with Gasteiger partial charge in [0.15, 0.2) is 5.13 Å². The lowest BCUT2D eigenvalue weighted by Crippen LogP contribution is -2.31. The molecule has 2 rings (SSSR count). The second kappa shape index (κ2) is 6.67. The van der Waals surface area contributed by atoms with Crippen molar-refractivity contribution >= 4 is 28.1 Å². The van der Waals surface area contributed by atoms with Crippen LogP contribution in [0.25, 0.3) is 0 Å².